The molecule has 0 spiro atoms. The van der Waals surface area contributed by atoms with Crippen LogP contribution in [0.5, 0.6) is 0 Å². The molecule has 0 unspecified atom stereocenters. The van der Waals surface area contributed by atoms with E-state index in [-0.39, 0.29) is 5.91 Å². The lowest BCUT2D eigenvalue weighted by molar-refractivity contribution is 0.102. The van der Waals surface area contributed by atoms with E-state index in [4.69, 9.17) is 21.0 Å². The molecule has 0 saturated carbocycles. The van der Waals surface area contributed by atoms with Gasteiger partial charge < -0.3 is 9.73 Å². The van der Waals surface area contributed by atoms with Gasteiger partial charge in [0.05, 0.1) is 16.1 Å². The average Bonchev–Trinajstić information content (AvgIpc) is 3.34. The predicted octanol–water partition coefficient (Wildman–Crippen LogP) is 7.63. The van der Waals surface area contributed by atoms with Crippen molar-refractivity contribution in [1.29, 1.82) is 0 Å². The second kappa shape index (κ2) is 8.93. The number of furan rings is 1. The molecule has 0 aliphatic carbocycles. The molecule has 0 fully saturated rings. The lowest BCUT2D eigenvalue weighted by atomic mass is 10.1. The molecule has 3 aromatic carbocycles. The van der Waals surface area contributed by atoms with Gasteiger partial charge in [-0.2, -0.15) is 0 Å². The molecule has 1 N–H and O–H groups in total. The molecule has 0 aliphatic rings. The molecular weight excluding hydrogens is 432 g/mol. The second-order valence-corrected chi connectivity index (χ2v) is 8.13. The van der Waals surface area contributed by atoms with Crippen LogP contribution in [0.3, 0.4) is 0 Å². The van der Waals surface area contributed by atoms with Gasteiger partial charge in [-0.05, 0) is 60.5 Å². The van der Waals surface area contributed by atoms with Gasteiger partial charge >= 0.3 is 0 Å². The first-order valence-electron chi connectivity index (χ1n) is 10.8. The van der Waals surface area contributed by atoms with E-state index in [2.05, 4.69) is 12.2 Å². The number of amides is 1. The first kappa shape index (κ1) is 21.0. The molecule has 5 heteroatoms. The van der Waals surface area contributed by atoms with Crippen LogP contribution >= 0.6 is 11.6 Å². The third-order valence-corrected chi connectivity index (χ3v) is 5.91. The van der Waals surface area contributed by atoms with Gasteiger partial charge in [-0.1, -0.05) is 61.0 Å². The number of anilines is 1. The third-order valence-electron chi connectivity index (χ3n) is 5.58. The molecule has 162 valence electrons. The minimum Gasteiger partial charge on any atom is -0.454 e. The number of aryl methyl sites for hydroxylation is 1. The van der Waals surface area contributed by atoms with Crippen molar-refractivity contribution in [3.8, 4) is 22.8 Å². The summed E-state index contributed by atoms with van der Waals surface area (Å²) in [6.45, 7) is 2.10. The van der Waals surface area contributed by atoms with Crippen molar-refractivity contribution in [3.05, 3.63) is 107 Å². The van der Waals surface area contributed by atoms with Gasteiger partial charge in [-0.25, -0.2) is 4.98 Å². The van der Waals surface area contributed by atoms with Crippen LogP contribution in [-0.2, 0) is 6.42 Å². The molecular formula is C28H21ClN2O2. The molecule has 0 saturated heterocycles. The number of halogens is 1. The molecule has 1 amide bonds. The Kier molecular flexibility index (Phi) is 5.68. The van der Waals surface area contributed by atoms with E-state index in [0.29, 0.717) is 27.8 Å². The number of carbonyl (C=O) groups excluding carboxylic acids is 1. The predicted molar refractivity (Wildman–Crippen MR) is 134 cm³/mol. The number of hydrogen-bond donors (Lipinski definition) is 1. The van der Waals surface area contributed by atoms with Gasteiger partial charge in [0.2, 0.25) is 0 Å². The highest BCUT2D eigenvalue weighted by Crippen LogP contribution is 2.33. The number of rotatable bonds is 5. The highest BCUT2D eigenvalue weighted by molar-refractivity contribution is 6.33. The fourth-order valence-electron chi connectivity index (χ4n) is 3.79. The molecule has 0 radical (unpaired) electrons. The summed E-state index contributed by atoms with van der Waals surface area (Å²) < 4.78 is 6.09. The van der Waals surface area contributed by atoms with Crippen molar-refractivity contribution in [2.75, 3.05) is 5.32 Å². The first-order chi connectivity index (χ1) is 16.1. The Labute approximate surface area is 196 Å². The molecule has 5 aromatic rings. The Bertz CT molecular complexity index is 1450. The van der Waals surface area contributed by atoms with Crippen LogP contribution in [0, 0.1) is 0 Å². The zero-order chi connectivity index (χ0) is 22.8. The maximum absolute atomic E-state index is 13.3. The average molecular weight is 453 g/mol. The number of benzene rings is 3. The van der Waals surface area contributed by atoms with Crippen molar-refractivity contribution in [1.82, 2.24) is 4.98 Å². The summed E-state index contributed by atoms with van der Waals surface area (Å²) in [5.74, 6) is 1.02. The van der Waals surface area contributed by atoms with Crippen LogP contribution in [0.4, 0.5) is 5.69 Å². The lowest BCUT2D eigenvalue weighted by Gasteiger charge is -2.10. The summed E-state index contributed by atoms with van der Waals surface area (Å²) >= 11 is 6.33. The van der Waals surface area contributed by atoms with Crippen LogP contribution in [0.15, 0.2) is 95.4 Å². The Balaban J connectivity index is 1.54. The molecule has 33 heavy (non-hydrogen) atoms. The number of para-hydroxylation sites is 1. The van der Waals surface area contributed by atoms with Gasteiger partial charge in [-0.3, -0.25) is 4.79 Å². The van der Waals surface area contributed by atoms with Crippen LogP contribution in [0.25, 0.3) is 33.7 Å². The largest absolute Gasteiger partial charge is 0.454 e. The fraction of sp³-hybridized carbons (Fsp3) is 0.0714. The maximum Gasteiger partial charge on any atom is 0.256 e. The topological polar surface area (TPSA) is 55.1 Å². The van der Waals surface area contributed by atoms with Crippen LogP contribution in [-0.4, -0.2) is 10.9 Å². The van der Waals surface area contributed by atoms with Gasteiger partial charge in [-0.15, -0.1) is 0 Å². The van der Waals surface area contributed by atoms with E-state index in [9.17, 15) is 4.79 Å². The Morgan fingerprint density at radius 2 is 1.64 bits per heavy atom. The van der Waals surface area contributed by atoms with Crippen molar-refractivity contribution < 1.29 is 9.21 Å². The highest BCUT2D eigenvalue weighted by Gasteiger charge is 2.17. The van der Waals surface area contributed by atoms with Crippen LogP contribution < -0.4 is 5.32 Å². The molecule has 0 aliphatic heterocycles. The van der Waals surface area contributed by atoms with E-state index in [1.807, 2.05) is 84.9 Å². The zero-order valence-corrected chi connectivity index (χ0v) is 18.8. The summed E-state index contributed by atoms with van der Waals surface area (Å²) in [4.78, 5) is 18.0. The fourth-order valence-corrected chi connectivity index (χ4v) is 4.02. The van der Waals surface area contributed by atoms with Gasteiger partial charge in [0.1, 0.15) is 11.5 Å². The Morgan fingerprint density at radius 3 is 2.42 bits per heavy atom. The van der Waals surface area contributed by atoms with Crippen molar-refractivity contribution in [2.45, 2.75) is 13.3 Å². The number of aromatic nitrogens is 1. The summed E-state index contributed by atoms with van der Waals surface area (Å²) in [5, 5.41) is 4.39. The number of carbonyl (C=O) groups is 1. The van der Waals surface area contributed by atoms with Crippen molar-refractivity contribution >= 4 is 34.1 Å². The van der Waals surface area contributed by atoms with Gasteiger partial charge in [0.15, 0.2) is 5.76 Å². The summed E-state index contributed by atoms with van der Waals surface area (Å²) in [6, 6.07) is 28.5. The summed E-state index contributed by atoms with van der Waals surface area (Å²) in [6.07, 6.45) is 0.950. The number of nitrogens with one attached hydrogen (secondary N) is 1. The van der Waals surface area contributed by atoms with E-state index >= 15 is 0 Å². The van der Waals surface area contributed by atoms with E-state index in [0.717, 1.165) is 28.6 Å². The quantitative estimate of drug-likeness (QED) is 0.298. The monoisotopic (exact) mass is 452 g/mol. The van der Waals surface area contributed by atoms with Crippen LogP contribution in [0.1, 0.15) is 22.8 Å². The molecule has 4 nitrogen and oxygen atoms in total. The molecule has 2 aromatic heterocycles. The maximum atomic E-state index is 13.3. The minimum absolute atomic E-state index is 0.197. The standard InChI is InChI=1S/C28H21ClN2O2/c1-2-18-11-13-19(14-12-18)30-28(32)22-17-25(31-24-10-6-4-7-20(22)24)27-16-15-26(33-27)21-8-3-5-9-23(21)29/h3-17H,2H2,1H3,(H,30,32). The number of pyridine rings is 1. The van der Waals surface area contributed by atoms with Crippen molar-refractivity contribution in [2.24, 2.45) is 0 Å². The third kappa shape index (κ3) is 4.26. The number of nitrogens with zero attached hydrogens (tertiary/aromatic N) is 1. The van der Waals surface area contributed by atoms with E-state index in [1.165, 1.54) is 5.56 Å². The molecule has 2 heterocycles. The number of hydrogen-bond acceptors (Lipinski definition) is 3. The Morgan fingerprint density at radius 1 is 0.909 bits per heavy atom. The zero-order valence-electron chi connectivity index (χ0n) is 18.0. The first-order valence-corrected chi connectivity index (χ1v) is 11.2. The van der Waals surface area contributed by atoms with Crippen LogP contribution in [0.2, 0.25) is 5.02 Å². The number of fused-ring (bicyclic) bond motifs is 1. The minimum atomic E-state index is -0.197. The SMILES string of the molecule is CCc1ccc(NC(=O)c2cc(-c3ccc(-c4ccccc4Cl)o3)nc3ccccc23)cc1. The summed E-state index contributed by atoms with van der Waals surface area (Å²) in [5.41, 5.74) is 4.61. The summed E-state index contributed by atoms with van der Waals surface area (Å²) in [7, 11) is 0. The van der Waals surface area contributed by atoms with Crippen molar-refractivity contribution in [3.63, 3.8) is 0 Å². The molecule has 0 bridgehead atoms. The molecule has 0 atom stereocenters. The van der Waals surface area contributed by atoms with E-state index < -0.39 is 0 Å². The van der Waals surface area contributed by atoms with Gasteiger partial charge in [0.25, 0.3) is 5.91 Å². The van der Waals surface area contributed by atoms with Gasteiger partial charge in [0, 0.05) is 16.6 Å². The lowest BCUT2D eigenvalue weighted by Crippen LogP contribution is -2.13. The Hall–Kier alpha value is -3.89. The normalized spacial score (nSPS) is 11.0. The molecule has 5 rings (SSSR count). The smallest absolute Gasteiger partial charge is 0.256 e. The van der Waals surface area contributed by atoms with E-state index in [1.54, 1.807) is 6.07 Å². The highest BCUT2D eigenvalue weighted by atomic mass is 35.5. The second-order valence-electron chi connectivity index (χ2n) is 7.72.